The molecule has 0 aliphatic heterocycles. The molecule has 3 heterocycles. The zero-order valence-corrected chi connectivity index (χ0v) is 19.6. The number of aromatic nitrogens is 4. The van der Waals surface area contributed by atoms with E-state index in [4.69, 9.17) is 19.6 Å². The van der Waals surface area contributed by atoms with Gasteiger partial charge in [0.25, 0.3) is 0 Å². The molecule has 2 aromatic carbocycles. The van der Waals surface area contributed by atoms with Crippen LogP contribution in [0.3, 0.4) is 0 Å². The second-order valence-electron chi connectivity index (χ2n) is 8.14. The van der Waals surface area contributed by atoms with Gasteiger partial charge < -0.3 is 14.8 Å². The number of rotatable bonds is 10. The third-order valence-corrected chi connectivity index (χ3v) is 5.70. The minimum atomic E-state index is 0.604. The van der Waals surface area contributed by atoms with Crippen LogP contribution in [-0.4, -0.2) is 39.8 Å². The summed E-state index contributed by atoms with van der Waals surface area (Å²) in [5.41, 5.74) is 5.22. The number of nitrogens with one attached hydrogen (secondary N) is 1. The third kappa shape index (κ3) is 5.65. The van der Waals surface area contributed by atoms with E-state index in [1.165, 1.54) is 5.56 Å². The van der Waals surface area contributed by atoms with E-state index in [0.29, 0.717) is 13.0 Å². The molecule has 0 saturated carbocycles. The number of fused-ring (bicyclic) bond motifs is 1. The molecule has 0 unspecified atom stereocenters. The lowest BCUT2D eigenvalue weighted by atomic mass is 10.1. The highest BCUT2D eigenvalue weighted by molar-refractivity contribution is 5.63. The van der Waals surface area contributed by atoms with Crippen LogP contribution in [0.1, 0.15) is 17.0 Å². The van der Waals surface area contributed by atoms with Gasteiger partial charge in [-0.05, 0) is 71.8 Å². The van der Waals surface area contributed by atoms with Crippen LogP contribution in [0.15, 0.2) is 91.3 Å². The summed E-state index contributed by atoms with van der Waals surface area (Å²) in [6, 6.07) is 26.1. The number of pyridine rings is 2. The Hall–Kier alpha value is -4.23. The van der Waals surface area contributed by atoms with Crippen molar-refractivity contribution in [3.8, 4) is 22.8 Å². The van der Waals surface area contributed by atoms with Crippen molar-refractivity contribution in [1.29, 1.82) is 0 Å². The van der Waals surface area contributed by atoms with Gasteiger partial charge in [-0.15, -0.1) is 0 Å². The summed E-state index contributed by atoms with van der Waals surface area (Å²) in [5.74, 6) is 2.46. The second kappa shape index (κ2) is 10.8. The lowest BCUT2D eigenvalue weighted by Gasteiger charge is -2.08. The fourth-order valence-corrected chi connectivity index (χ4v) is 3.87. The van der Waals surface area contributed by atoms with E-state index in [1.54, 1.807) is 19.5 Å². The highest BCUT2D eigenvalue weighted by atomic mass is 16.5. The second-order valence-corrected chi connectivity index (χ2v) is 8.14. The van der Waals surface area contributed by atoms with Crippen molar-refractivity contribution in [2.45, 2.75) is 13.0 Å². The summed E-state index contributed by atoms with van der Waals surface area (Å²) in [5, 5.41) is 8.15. The molecule has 176 valence electrons. The van der Waals surface area contributed by atoms with Crippen molar-refractivity contribution >= 4 is 5.65 Å². The predicted molar refractivity (Wildman–Crippen MR) is 136 cm³/mol. The Balaban J connectivity index is 1.18. The molecule has 5 rings (SSSR count). The molecule has 0 fully saturated rings. The molecule has 0 aliphatic rings. The van der Waals surface area contributed by atoms with E-state index in [1.807, 2.05) is 71.2 Å². The lowest BCUT2D eigenvalue weighted by Crippen LogP contribution is -2.20. The van der Waals surface area contributed by atoms with Crippen molar-refractivity contribution in [1.82, 2.24) is 24.9 Å². The Labute approximate surface area is 204 Å². The summed E-state index contributed by atoms with van der Waals surface area (Å²) in [6.07, 6.45) is 4.25. The van der Waals surface area contributed by atoms with Gasteiger partial charge in [-0.1, -0.05) is 18.2 Å². The maximum absolute atomic E-state index is 5.86. The van der Waals surface area contributed by atoms with Crippen molar-refractivity contribution in [3.63, 3.8) is 0 Å². The largest absolute Gasteiger partial charge is 0.497 e. The predicted octanol–water partition coefficient (Wildman–Crippen LogP) is 4.56. The van der Waals surface area contributed by atoms with Crippen LogP contribution in [0.25, 0.3) is 16.9 Å². The SMILES string of the molecule is COc1ccc(-c2cccc3nc(Cc4ccc(OCCNCc5ccncc5)cc4)nn23)cc1. The molecule has 0 atom stereocenters. The van der Waals surface area contributed by atoms with Gasteiger partial charge in [-0.3, -0.25) is 4.98 Å². The molecule has 0 amide bonds. The maximum atomic E-state index is 5.86. The fourth-order valence-electron chi connectivity index (χ4n) is 3.87. The van der Waals surface area contributed by atoms with E-state index >= 15 is 0 Å². The normalized spacial score (nSPS) is 11.0. The molecule has 0 saturated heterocycles. The van der Waals surface area contributed by atoms with E-state index < -0.39 is 0 Å². The molecule has 1 N–H and O–H groups in total. The van der Waals surface area contributed by atoms with Crippen LogP contribution in [0.2, 0.25) is 0 Å². The standard InChI is InChI=1S/C28H27N5O2/c1-34-24-11-7-23(8-12-24)26-3-2-4-28-31-27(32-33(26)28)19-21-5-9-25(10-6-21)35-18-17-30-20-22-13-15-29-16-14-22/h2-16,30H,17-20H2,1H3. The topological polar surface area (TPSA) is 73.6 Å². The first kappa shape index (κ1) is 22.6. The van der Waals surface area contributed by atoms with Crippen LogP contribution in [0.4, 0.5) is 0 Å². The molecule has 35 heavy (non-hydrogen) atoms. The van der Waals surface area contributed by atoms with Gasteiger partial charge in [0.2, 0.25) is 0 Å². The third-order valence-electron chi connectivity index (χ3n) is 5.70. The van der Waals surface area contributed by atoms with E-state index in [0.717, 1.165) is 52.9 Å². The molecule has 5 aromatic rings. The van der Waals surface area contributed by atoms with Gasteiger partial charge in [0, 0.05) is 37.5 Å². The van der Waals surface area contributed by atoms with E-state index in [9.17, 15) is 0 Å². The molecular formula is C28H27N5O2. The van der Waals surface area contributed by atoms with Crippen molar-refractivity contribution in [2.24, 2.45) is 0 Å². The molecule has 0 bridgehead atoms. The Morgan fingerprint density at radius 3 is 2.37 bits per heavy atom. The molecule has 0 spiro atoms. The summed E-state index contributed by atoms with van der Waals surface area (Å²) in [7, 11) is 1.67. The van der Waals surface area contributed by atoms with Crippen molar-refractivity contribution < 1.29 is 9.47 Å². The lowest BCUT2D eigenvalue weighted by molar-refractivity contribution is 0.313. The number of ether oxygens (including phenoxy) is 2. The Bertz CT molecular complexity index is 1370. The smallest absolute Gasteiger partial charge is 0.156 e. The first-order chi connectivity index (χ1) is 17.3. The average molecular weight is 466 g/mol. The van der Waals surface area contributed by atoms with Crippen LogP contribution < -0.4 is 14.8 Å². The molecule has 7 nitrogen and oxygen atoms in total. The Kier molecular flexibility index (Phi) is 6.96. The molecular weight excluding hydrogens is 438 g/mol. The van der Waals surface area contributed by atoms with Gasteiger partial charge in [-0.25, -0.2) is 9.50 Å². The van der Waals surface area contributed by atoms with E-state index in [-0.39, 0.29) is 0 Å². The Morgan fingerprint density at radius 1 is 0.829 bits per heavy atom. The first-order valence-electron chi connectivity index (χ1n) is 11.6. The zero-order valence-electron chi connectivity index (χ0n) is 19.6. The molecule has 3 aromatic heterocycles. The van der Waals surface area contributed by atoms with Crippen molar-refractivity contribution in [3.05, 3.63) is 108 Å². The minimum Gasteiger partial charge on any atom is -0.497 e. The summed E-state index contributed by atoms with van der Waals surface area (Å²) in [6.45, 7) is 2.18. The zero-order chi connectivity index (χ0) is 23.9. The average Bonchev–Trinajstić information content (AvgIpc) is 3.33. The first-order valence-corrected chi connectivity index (χ1v) is 11.6. The van der Waals surface area contributed by atoms with Crippen LogP contribution in [0.5, 0.6) is 11.5 Å². The van der Waals surface area contributed by atoms with Crippen LogP contribution in [0, 0.1) is 0 Å². The Morgan fingerprint density at radius 2 is 1.60 bits per heavy atom. The van der Waals surface area contributed by atoms with Gasteiger partial charge >= 0.3 is 0 Å². The number of methoxy groups -OCH3 is 1. The minimum absolute atomic E-state index is 0.604. The summed E-state index contributed by atoms with van der Waals surface area (Å²) >= 11 is 0. The highest BCUT2D eigenvalue weighted by Gasteiger charge is 2.10. The van der Waals surface area contributed by atoms with Crippen LogP contribution >= 0.6 is 0 Å². The summed E-state index contributed by atoms with van der Waals surface area (Å²) < 4.78 is 13.0. The number of hydrogen-bond donors (Lipinski definition) is 1. The van der Waals surface area contributed by atoms with Gasteiger partial charge in [0.1, 0.15) is 18.1 Å². The monoisotopic (exact) mass is 465 g/mol. The van der Waals surface area contributed by atoms with Gasteiger partial charge in [0.05, 0.1) is 12.8 Å². The van der Waals surface area contributed by atoms with Crippen molar-refractivity contribution in [2.75, 3.05) is 20.3 Å². The number of nitrogens with zero attached hydrogens (tertiary/aromatic N) is 4. The van der Waals surface area contributed by atoms with Gasteiger partial charge in [-0.2, -0.15) is 5.10 Å². The van der Waals surface area contributed by atoms with E-state index in [2.05, 4.69) is 22.4 Å². The molecule has 7 heteroatoms. The number of hydrogen-bond acceptors (Lipinski definition) is 6. The molecule has 0 radical (unpaired) electrons. The quantitative estimate of drug-likeness (QED) is 0.305. The summed E-state index contributed by atoms with van der Waals surface area (Å²) in [4.78, 5) is 8.76. The fraction of sp³-hybridized carbons (Fsp3) is 0.179. The maximum Gasteiger partial charge on any atom is 0.156 e. The highest BCUT2D eigenvalue weighted by Crippen LogP contribution is 2.23. The molecule has 0 aliphatic carbocycles. The van der Waals surface area contributed by atoms with Gasteiger partial charge in [0.15, 0.2) is 11.5 Å². The van der Waals surface area contributed by atoms with Crippen LogP contribution in [-0.2, 0) is 13.0 Å². The number of benzene rings is 2.